The predicted octanol–water partition coefficient (Wildman–Crippen LogP) is 2.53. The van der Waals surface area contributed by atoms with Gasteiger partial charge < -0.3 is 5.73 Å². The molecule has 2 N–H and O–H groups in total. The topological polar surface area (TPSA) is 26.0 Å². The first-order valence-corrected chi connectivity index (χ1v) is 5.57. The minimum absolute atomic E-state index is 0.284. The van der Waals surface area contributed by atoms with E-state index in [1.165, 1.54) is 12.0 Å². The Kier molecular flexibility index (Phi) is 3.08. The minimum atomic E-state index is 0.284. The van der Waals surface area contributed by atoms with E-state index in [1.807, 2.05) is 0 Å². The average Bonchev–Trinajstić information content (AvgIpc) is 3.07. The SMILES string of the molecule is C#CCCC(N)C1CC1c1ccccc1. The zero-order valence-corrected chi connectivity index (χ0v) is 8.89. The van der Waals surface area contributed by atoms with Gasteiger partial charge in [-0.3, -0.25) is 0 Å². The van der Waals surface area contributed by atoms with Crippen molar-refractivity contribution in [3.8, 4) is 12.3 Å². The lowest BCUT2D eigenvalue weighted by Crippen LogP contribution is -2.22. The average molecular weight is 199 g/mol. The molecule has 1 aromatic rings. The number of nitrogens with two attached hydrogens (primary N) is 1. The van der Waals surface area contributed by atoms with E-state index in [2.05, 4.69) is 36.3 Å². The van der Waals surface area contributed by atoms with Gasteiger partial charge in [-0.1, -0.05) is 30.3 Å². The molecule has 0 spiro atoms. The molecule has 1 fully saturated rings. The van der Waals surface area contributed by atoms with Crippen LogP contribution in [0.25, 0.3) is 0 Å². The fraction of sp³-hybridized carbons (Fsp3) is 0.429. The summed E-state index contributed by atoms with van der Waals surface area (Å²) in [6.45, 7) is 0. The van der Waals surface area contributed by atoms with Crippen LogP contribution in [0.4, 0.5) is 0 Å². The normalized spacial score (nSPS) is 25.6. The molecule has 1 aromatic carbocycles. The van der Waals surface area contributed by atoms with Crippen LogP contribution in [0.5, 0.6) is 0 Å². The first-order chi connectivity index (χ1) is 7.33. The van der Waals surface area contributed by atoms with Crippen LogP contribution in [-0.2, 0) is 0 Å². The van der Waals surface area contributed by atoms with E-state index >= 15 is 0 Å². The molecule has 1 aliphatic rings. The summed E-state index contributed by atoms with van der Waals surface area (Å²) in [6.07, 6.45) is 8.24. The van der Waals surface area contributed by atoms with Crippen molar-refractivity contribution in [1.29, 1.82) is 0 Å². The molecule has 0 amide bonds. The van der Waals surface area contributed by atoms with E-state index in [0.717, 1.165) is 12.8 Å². The first-order valence-electron chi connectivity index (χ1n) is 5.57. The van der Waals surface area contributed by atoms with E-state index in [1.54, 1.807) is 0 Å². The number of hydrogen-bond acceptors (Lipinski definition) is 1. The first kappa shape index (κ1) is 10.3. The van der Waals surface area contributed by atoms with Gasteiger partial charge in [-0.25, -0.2) is 0 Å². The summed E-state index contributed by atoms with van der Waals surface area (Å²) >= 11 is 0. The van der Waals surface area contributed by atoms with Crippen molar-refractivity contribution in [2.45, 2.75) is 31.2 Å². The van der Waals surface area contributed by atoms with Crippen molar-refractivity contribution in [3.63, 3.8) is 0 Å². The van der Waals surface area contributed by atoms with Gasteiger partial charge in [-0.05, 0) is 30.2 Å². The third-order valence-corrected chi connectivity index (χ3v) is 3.24. The van der Waals surface area contributed by atoms with Crippen molar-refractivity contribution in [3.05, 3.63) is 35.9 Å². The largest absolute Gasteiger partial charge is 0.327 e. The lowest BCUT2D eigenvalue weighted by Gasteiger charge is -2.09. The highest BCUT2D eigenvalue weighted by Crippen LogP contribution is 2.49. The Morgan fingerprint density at radius 3 is 2.80 bits per heavy atom. The minimum Gasteiger partial charge on any atom is -0.327 e. The van der Waals surface area contributed by atoms with Crippen molar-refractivity contribution in [1.82, 2.24) is 0 Å². The Morgan fingerprint density at radius 2 is 2.13 bits per heavy atom. The van der Waals surface area contributed by atoms with Gasteiger partial charge >= 0.3 is 0 Å². The summed E-state index contributed by atoms with van der Waals surface area (Å²) in [5.74, 6) is 3.99. The third-order valence-electron chi connectivity index (χ3n) is 3.24. The van der Waals surface area contributed by atoms with Gasteiger partial charge in [0, 0.05) is 12.5 Å². The Balaban J connectivity index is 1.89. The van der Waals surface area contributed by atoms with E-state index in [4.69, 9.17) is 12.2 Å². The van der Waals surface area contributed by atoms with Gasteiger partial charge in [-0.2, -0.15) is 0 Å². The maximum atomic E-state index is 6.10. The standard InChI is InChI=1S/C14H17N/c1-2-3-9-14(15)13-10-12(13)11-7-5-4-6-8-11/h1,4-8,12-14H,3,9-10,15H2. The van der Waals surface area contributed by atoms with E-state index < -0.39 is 0 Å². The molecule has 1 aliphatic carbocycles. The molecule has 1 heteroatoms. The molecule has 0 heterocycles. The summed E-state index contributed by atoms with van der Waals surface area (Å²) in [4.78, 5) is 0. The Hall–Kier alpha value is -1.26. The zero-order valence-electron chi connectivity index (χ0n) is 8.89. The van der Waals surface area contributed by atoms with Gasteiger partial charge in [0.15, 0.2) is 0 Å². The molecule has 0 aliphatic heterocycles. The molecular formula is C14H17N. The monoisotopic (exact) mass is 199 g/mol. The Morgan fingerprint density at radius 1 is 1.40 bits per heavy atom. The smallest absolute Gasteiger partial charge is 0.0101 e. The molecule has 0 bridgehead atoms. The van der Waals surface area contributed by atoms with Crippen LogP contribution in [-0.4, -0.2) is 6.04 Å². The molecular weight excluding hydrogens is 182 g/mol. The molecule has 0 saturated heterocycles. The number of terminal acetylenes is 1. The maximum absolute atomic E-state index is 6.10. The highest BCUT2D eigenvalue weighted by molar-refractivity contribution is 5.26. The van der Waals surface area contributed by atoms with Crippen molar-refractivity contribution in [2.24, 2.45) is 11.7 Å². The molecule has 0 radical (unpaired) electrons. The predicted molar refractivity (Wildman–Crippen MR) is 63.3 cm³/mol. The highest BCUT2D eigenvalue weighted by atomic mass is 14.7. The second-order valence-electron chi connectivity index (χ2n) is 4.32. The maximum Gasteiger partial charge on any atom is 0.0101 e. The highest BCUT2D eigenvalue weighted by Gasteiger charge is 2.41. The number of benzene rings is 1. The van der Waals surface area contributed by atoms with Crippen LogP contribution in [0.3, 0.4) is 0 Å². The van der Waals surface area contributed by atoms with Crippen molar-refractivity contribution in [2.75, 3.05) is 0 Å². The second kappa shape index (κ2) is 4.51. The van der Waals surface area contributed by atoms with Crippen LogP contribution in [0.2, 0.25) is 0 Å². The van der Waals surface area contributed by atoms with E-state index in [9.17, 15) is 0 Å². The molecule has 78 valence electrons. The van der Waals surface area contributed by atoms with Gasteiger partial charge in [0.1, 0.15) is 0 Å². The van der Waals surface area contributed by atoms with Gasteiger partial charge in [0.25, 0.3) is 0 Å². The fourth-order valence-corrected chi connectivity index (χ4v) is 2.24. The van der Waals surface area contributed by atoms with Crippen LogP contribution in [0, 0.1) is 18.3 Å². The second-order valence-corrected chi connectivity index (χ2v) is 4.32. The lowest BCUT2D eigenvalue weighted by molar-refractivity contribution is 0.547. The Labute approximate surface area is 91.7 Å². The fourth-order valence-electron chi connectivity index (χ4n) is 2.24. The molecule has 3 atom stereocenters. The lowest BCUT2D eigenvalue weighted by atomic mass is 10.0. The Bertz CT molecular complexity index is 349. The molecule has 2 rings (SSSR count). The molecule has 15 heavy (non-hydrogen) atoms. The molecule has 0 aromatic heterocycles. The van der Waals surface area contributed by atoms with Gasteiger partial charge in [-0.15, -0.1) is 12.3 Å². The molecule has 1 nitrogen and oxygen atoms in total. The summed E-state index contributed by atoms with van der Waals surface area (Å²) in [6, 6.07) is 10.9. The van der Waals surface area contributed by atoms with Crippen LogP contribution >= 0.6 is 0 Å². The quantitative estimate of drug-likeness (QED) is 0.741. The molecule has 3 unspecified atom stereocenters. The summed E-state index contributed by atoms with van der Waals surface area (Å²) in [5.41, 5.74) is 7.53. The van der Waals surface area contributed by atoms with Gasteiger partial charge in [0.05, 0.1) is 0 Å². The van der Waals surface area contributed by atoms with E-state index in [-0.39, 0.29) is 6.04 Å². The van der Waals surface area contributed by atoms with Crippen LogP contribution in [0.1, 0.15) is 30.7 Å². The summed E-state index contributed by atoms with van der Waals surface area (Å²) in [5, 5.41) is 0. The van der Waals surface area contributed by atoms with Gasteiger partial charge in [0.2, 0.25) is 0 Å². The van der Waals surface area contributed by atoms with Crippen LogP contribution < -0.4 is 5.73 Å². The van der Waals surface area contributed by atoms with Crippen molar-refractivity contribution >= 4 is 0 Å². The summed E-state index contributed by atoms with van der Waals surface area (Å²) in [7, 11) is 0. The van der Waals surface area contributed by atoms with Crippen molar-refractivity contribution < 1.29 is 0 Å². The molecule has 1 saturated carbocycles. The van der Waals surface area contributed by atoms with Crippen LogP contribution in [0.15, 0.2) is 30.3 Å². The van der Waals surface area contributed by atoms with E-state index in [0.29, 0.717) is 11.8 Å². The summed E-state index contributed by atoms with van der Waals surface area (Å²) < 4.78 is 0. The zero-order chi connectivity index (χ0) is 10.7. The number of rotatable bonds is 4. The number of hydrogen-bond donors (Lipinski definition) is 1. The third kappa shape index (κ3) is 2.40.